The lowest BCUT2D eigenvalue weighted by molar-refractivity contribution is 0.362. The quantitative estimate of drug-likeness (QED) is 0.550. The lowest BCUT2D eigenvalue weighted by atomic mass is 10.4. The van der Waals surface area contributed by atoms with E-state index in [1.807, 2.05) is 0 Å². The number of likely N-dealkylation sites (N-methyl/N-ethyl adjacent to an activating group) is 1. The second-order valence-corrected chi connectivity index (χ2v) is 2.37. The maximum absolute atomic E-state index is 3.31. The lowest BCUT2D eigenvalue weighted by Crippen LogP contribution is -2.22. The van der Waals surface area contributed by atoms with Gasteiger partial charge < -0.3 is 5.32 Å². The summed E-state index contributed by atoms with van der Waals surface area (Å²) in [6, 6.07) is 0. The first-order valence-corrected chi connectivity index (χ1v) is 3.71. The Hall–Kier alpha value is -0.0800. The molecule has 0 bridgehead atoms. The van der Waals surface area contributed by atoms with Crippen molar-refractivity contribution >= 4 is 0 Å². The maximum Gasteiger partial charge on any atom is 0.0388 e. The zero-order chi connectivity index (χ0) is 6.53. The number of rotatable bonds is 1. The van der Waals surface area contributed by atoms with Crippen molar-refractivity contribution in [1.29, 1.82) is 0 Å². The summed E-state index contributed by atoms with van der Waals surface area (Å²) in [4.78, 5) is 2.36. The molecule has 2 heteroatoms. The lowest BCUT2D eigenvalue weighted by Gasteiger charge is -2.14. The Kier molecular flexibility index (Phi) is 3.01. The first kappa shape index (κ1) is 7.03. The molecule has 0 aromatic rings. The molecule has 1 aliphatic heterocycles. The van der Waals surface area contributed by atoms with Crippen LogP contribution in [0.3, 0.4) is 0 Å². The number of hydrogen-bond donors (Lipinski definition) is 1. The molecule has 53 valence electrons. The Balaban J connectivity index is 2.18. The second-order valence-electron chi connectivity index (χ2n) is 2.37. The average molecular weight is 127 g/mol. The predicted octanol–water partition coefficient (Wildman–Crippen LogP) is 0.463. The van der Waals surface area contributed by atoms with Crippen molar-refractivity contribution in [2.75, 3.05) is 26.2 Å². The van der Waals surface area contributed by atoms with Gasteiger partial charge in [0.2, 0.25) is 0 Å². The molecule has 0 aromatic carbocycles. The van der Waals surface area contributed by atoms with E-state index >= 15 is 0 Å². The summed E-state index contributed by atoms with van der Waals surface area (Å²) in [5.41, 5.74) is 0. The van der Waals surface area contributed by atoms with Crippen molar-refractivity contribution in [2.24, 2.45) is 0 Å². The van der Waals surface area contributed by atoms with Gasteiger partial charge in [-0.1, -0.05) is 6.92 Å². The summed E-state index contributed by atoms with van der Waals surface area (Å²) in [6.45, 7) is 9.04. The van der Waals surface area contributed by atoms with Gasteiger partial charge >= 0.3 is 0 Å². The van der Waals surface area contributed by atoms with E-state index in [0.717, 1.165) is 13.1 Å². The Labute approximate surface area is 57.2 Å². The molecule has 1 heterocycles. The number of nitrogens with zero attached hydrogens (tertiary/aromatic N) is 1. The van der Waals surface area contributed by atoms with Crippen molar-refractivity contribution in [3.8, 4) is 0 Å². The van der Waals surface area contributed by atoms with E-state index in [4.69, 9.17) is 0 Å². The Morgan fingerprint density at radius 1 is 1.67 bits per heavy atom. The van der Waals surface area contributed by atoms with Crippen LogP contribution in [0.2, 0.25) is 0 Å². The van der Waals surface area contributed by atoms with Crippen LogP contribution < -0.4 is 5.32 Å². The molecule has 0 unspecified atom stereocenters. The van der Waals surface area contributed by atoms with Crippen LogP contribution in [0.25, 0.3) is 0 Å². The molecular weight excluding hydrogens is 112 g/mol. The second kappa shape index (κ2) is 3.85. The average Bonchev–Trinajstić information content (AvgIpc) is 2.13. The highest BCUT2D eigenvalue weighted by Crippen LogP contribution is 1.96. The van der Waals surface area contributed by atoms with Gasteiger partial charge in [-0.3, -0.25) is 4.90 Å². The van der Waals surface area contributed by atoms with Gasteiger partial charge in [-0.05, 0) is 26.1 Å². The van der Waals surface area contributed by atoms with Crippen LogP contribution in [-0.2, 0) is 0 Å². The normalized spacial score (nSPS) is 23.7. The fourth-order valence-corrected chi connectivity index (χ4v) is 1.08. The predicted molar refractivity (Wildman–Crippen MR) is 39.0 cm³/mol. The monoisotopic (exact) mass is 127 g/mol. The van der Waals surface area contributed by atoms with Crippen LogP contribution in [0, 0.1) is 6.54 Å². The topological polar surface area (TPSA) is 15.3 Å². The highest BCUT2D eigenvalue weighted by Gasteiger charge is 2.04. The summed E-state index contributed by atoms with van der Waals surface area (Å²) in [5, 5.41) is 3.31. The van der Waals surface area contributed by atoms with E-state index in [2.05, 4.69) is 23.7 Å². The minimum Gasteiger partial charge on any atom is -0.315 e. The van der Waals surface area contributed by atoms with E-state index in [1.54, 1.807) is 0 Å². The minimum atomic E-state index is 1.05. The van der Waals surface area contributed by atoms with Crippen molar-refractivity contribution in [2.45, 2.75) is 13.3 Å². The fourth-order valence-electron chi connectivity index (χ4n) is 1.08. The molecule has 1 rings (SSSR count). The summed E-state index contributed by atoms with van der Waals surface area (Å²) in [5.74, 6) is 0. The Morgan fingerprint density at radius 2 is 2.56 bits per heavy atom. The molecule has 0 atom stereocenters. The van der Waals surface area contributed by atoms with Crippen LogP contribution in [0.15, 0.2) is 0 Å². The van der Waals surface area contributed by atoms with E-state index < -0.39 is 0 Å². The van der Waals surface area contributed by atoms with Gasteiger partial charge in [0, 0.05) is 13.1 Å². The molecule has 2 nitrogen and oxygen atoms in total. The van der Waals surface area contributed by atoms with Crippen molar-refractivity contribution in [3.05, 3.63) is 6.54 Å². The first-order chi connectivity index (χ1) is 4.43. The summed E-state index contributed by atoms with van der Waals surface area (Å²) in [6.07, 6.45) is 1.28. The van der Waals surface area contributed by atoms with Gasteiger partial charge in [0.1, 0.15) is 0 Å². The molecule has 0 amide bonds. The molecule has 1 aliphatic rings. The molecule has 1 radical (unpaired) electrons. The molecule has 1 saturated heterocycles. The minimum absolute atomic E-state index is 1.05. The third kappa shape index (κ3) is 2.33. The third-order valence-corrected chi connectivity index (χ3v) is 1.70. The zero-order valence-electron chi connectivity index (χ0n) is 6.06. The molecule has 9 heavy (non-hydrogen) atoms. The Bertz CT molecular complexity index is 65.3. The zero-order valence-corrected chi connectivity index (χ0v) is 6.06. The van der Waals surface area contributed by atoms with Crippen LogP contribution in [0.4, 0.5) is 0 Å². The van der Waals surface area contributed by atoms with Gasteiger partial charge in [0.25, 0.3) is 0 Å². The largest absolute Gasteiger partial charge is 0.315 e. The maximum atomic E-state index is 3.31. The van der Waals surface area contributed by atoms with E-state index in [9.17, 15) is 0 Å². The smallest absolute Gasteiger partial charge is 0.0388 e. The first-order valence-electron chi connectivity index (χ1n) is 3.71. The van der Waals surface area contributed by atoms with Gasteiger partial charge in [-0.2, -0.15) is 0 Å². The van der Waals surface area contributed by atoms with Gasteiger partial charge in [-0.25, -0.2) is 0 Å². The molecule has 0 saturated carbocycles. The van der Waals surface area contributed by atoms with Crippen LogP contribution >= 0.6 is 0 Å². The van der Waals surface area contributed by atoms with Gasteiger partial charge in [-0.15, -0.1) is 0 Å². The molecule has 1 fully saturated rings. The summed E-state index contributed by atoms with van der Waals surface area (Å²) in [7, 11) is 0. The van der Waals surface area contributed by atoms with Crippen LogP contribution in [0.5, 0.6) is 0 Å². The van der Waals surface area contributed by atoms with E-state index in [0.29, 0.717) is 0 Å². The van der Waals surface area contributed by atoms with E-state index in [-0.39, 0.29) is 0 Å². The fraction of sp³-hybridized carbons (Fsp3) is 0.857. The highest BCUT2D eigenvalue weighted by atomic mass is 15.1. The molecule has 0 aromatic heterocycles. The van der Waals surface area contributed by atoms with E-state index in [1.165, 1.54) is 19.5 Å². The van der Waals surface area contributed by atoms with Crippen molar-refractivity contribution < 1.29 is 0 Å². The highest BCUT2D eigenvalue weighted by molar-refractivity contribution is 4.73. The Morgan fingerprint density at radius 3 is 3.33 bits per heavy atom. The van der Waals surface area contributed by atoms with Crippen LogP contribution in [0.1, 0.15) is 13.3 Å². The van der Waals surface area contributed by atoms with Gasteiger partial charge in [0.05, 0.1) is 0 Å². The molecule has 1 N–H and O–H groups in total. The van der Waals surface area contributed by atoms with Crippen LogP contribution in [-0.4, -0.2) is 31.1 Å². The van der Waals surface area contributed by atoms with Crippen molar-refractivity contribution in [1.82, 2.24) is 10.2 Å². The number of nitrogens with one attached hydrogen (secondary N) is 1. The van der Waals surface area contributed by atoms with Crippen molar-refractivity contribution in [3.63, 3.8) is 0 Å². The molecule has 0 spiro atoms. The third-order valence-electron chi connectivity index (χ3n) is 1.70. The summed E-state index contributed by atoms with van der Waals surface area (Å²) < 4.78 is 0. The molecule has 0 aliphatic carbocycles. The van der Waals surface area contributed by atoms with Gasteiger partial charge in [0.15, 0.2) is 0 Å². The molecular formula is C7H15N2. The SMILES string of the molecule is CCN1[CH]CNCCC1. The standard InChI is InChI=1S/C7H15N2/c1-2-9-6-3-4-8-5-7-9/h7-8H,2-6H2,1H3. The number of hydrogen-bond acceptors (Lipinski definition) is 2. The summed E-state index contributed by atoms with van der Waals surface area (Å²) >= 11 is 0.